The van der Waals surface area contributed by atoms with Gasteiger partial charge >= 0.3 is 0 Å². The molecule has 0 spiro atoms. The van der Waals surface area contributed by atoms with Crippen molar-refractivity contribution >= 4 is 16.8 Å². The van der Waals surface area contributed by atoms with E-state index in [1.807, 2.05) is 87.9 Å². The zero-order valence-corrected chi connectivity index (χ0v) is 16.0. The Balaban J connectivity index is 3.81. The second-order valence-corrected chi connectivity index (χ2v) is 5.33. The zero-order chi connectivity index (χ0) is 19.4. The summed E-state index contributed by atoms with van der Waals surface area (Å²) in [6, 6.07) is 0. The Morgan fingerprint density at radius 1 is 0.923 bits per heavy atom. The van der Waals surface area contributed by atoms with Gasteiger partial charge in [0, 0.05) is 16.8 Å². The summed E-state index contributed by atoms with van der Waals surface area (Å²) < 4.78 is 2.06. The largest absolute Gasteiger partial charge is 0.299 e. The molecule has 0 aliphatic heterocycles. The Kier molecular flexibility index (Phi) is 9.19. The maximum atomic E-state index is 4.69. The Morgan fingerprint density at radius 3 is 2.23 bits per heavy atom. The predicted molar refractivity (Wildman–Crippen MR) is 117 cm³/mol. The highest BCUT2D eigenvalue weighted by atomic mass is 15.1. The highest BCUT2D eigenvalue weighted by Gasteiger charge is 2.16. The smallest absolute Gasteiger partial charge is 0.100 e. The third-order valence-electron chi connectivity index (χ3n) is 3.62. The van der Waals surface area contributed by atoms with Gasteiger partial charge in [0.25, 0.3) is 0 Å². The van der Waals surface area contributed by atoms with Crippen LogP contribution in [0.5, 0.6) is 0 Å². The van der Waals surface area contributed by atoms with E-state index < -0.39 is 0 Å². The number of nitrogens with zero attached hydrogens (tertiary/aromatic N) is 2. The van der Waals surface area contributed by atoms with Crippen LogP contribution in [-0.4, -0.2) is 9.55 Å². The fourth-order valence-electron chi connectivity index (χ4n) is 2.48. The molecule has 1 rings (SSSR count). The fourth-order valence-corrected chi connectivity index (χ4v) is 2.48. The molecule has 1 aromatic heterocycles. The molecule has 0 radical (unpaired) electrons. The summed E-state index contributed by atoms with van der Waals surface area (Å²) in [5.41, 5.74) is 4.84. The first kappa shape index (κ1) is 20.9. The molecule has 0 unspecified atom stereocenters. The van der Waals surface area contributed by atoms with E-state index in [1.165, 1.54) is 0 Å². The van der Waals surface area contributed by atoms with Crippen molar-refractivity contribution in [1.29, 1.82) is 0 Å². The van der Waals surface area contributed by atoms with Crippen LogP contribution in [0.4, 0.5) is 0 Å². The quantitative estimate of drug-likeness (QED) is 0.452. The second kappa shape index (κ2) is 11.4. The van der Waals surface area contributed by atoms with Crippen LogP contribution in [0.15, 0.2) is 99.0 Å². The molecule has 0 saturated carbocycles. The Hall–Kier alpha value is -3.13. The molecule has 1 heterocycles. The van der Waals surface area contributed by atoms with Crippen LogP contribution < -0.4 is 0 Å². The lowest BCUT2D eigenvalue weighted by molar-refractivity contribution is 1.08. The Morgan fingerprint density at radius 2 is 1.69 bits per heavy atom. The van der Waals surface area contributed by atoms with Gasteiger partial charge in [0.05, 0.1) is 11.4 Å². The highest BCUT2D eigenvalue weighted by Crippen LogP contribution is 2.29. The van der Waals surface area contributed by atoms with Crippen LogP contribution in [-0.2, 0) is 0 Å². The molecule has 0 amide bonds. The number of imidazole rings is 1. The molecule has 0 atom stereocenters. The lowest BCUT2D eigenvalue weighted by Gasteiger charge is -2.12. The number of aromatic nitrogens is 2. The minimum absolute atomic E-state index is 0.880. The van der Waals surface area contributed by atoms with Crippen LogP contribution in [0, 0.1) is 0 Å². The van der Waals surface area contributed by atoms with Crippen LogP contribution in [0.2, 0.25) is 0 Å². The minimum Gasteiger partial charge on any atom is -0.299 e. The van der Waals surface area contributed by atoms with Crippen molar-refractivity contribution in [3.63, 3.8) is 0 Å². The van der Waals surface area contributed by atoms with Crippen molar-refractivity contribution in [3.05, 3.63) is 110 Å². The molecule has 0 bridgehead atoms. The predicted octanol–water partition coefficient (Wildman–Crippen LogP) is 6.78. The van der Waals surface area contributed by atoms with Gasteiger partial charge in [-0.25, -0.2) is 4.98 Å². The van der Waals surface area contributed by atoms with E-state index in [2.05, 4.69) is 29.3 Å². The molecular formula is C24H28N2. The standard InChI is InChI=1S/C24H28N2/c1-7-13-17-20(11-5)24-23(21(15-9-3)16-10-4)25-19-26(24)22(12-6)18-14-8-2/h7-19H,2-3,5H2,1,4,6H3/b13-7-,16-10-,18-14-,20-17+,21-15+,22-12+. The fraction of sp³-hybridized carbons (Fsp3) is 0.125. The third kappa shape index (κ3) is 5.18. The van der Waals surface area contributed by atoms with Crippen LogP contribution in [0.1, 0.15) is 32.2 Å². The van der Waals surface area contributed by atoms with E-state index in [-0.39, 0.29) is 0 Å². The van der Waals surface area contributed by atoms with E-state index in [9.17, 15) is 0 Å². The van der Waals surface area contributed by atoms with Gasteiger partial charge in [0.2, 0.25) is 0 Å². The molecule has 2 heteroatoms. The summed E-state index contributed by atoms with van der Waals surface area (Å²) >= 11 is 0. The van der Waals surface area contributed by atoms with Gasteiger partial charge in [-0.05, 0) is 26.8 Å². The first-order valence-corrected chi connectivity index (χ1v) is 8.63. The number of hydrogen-bond acceptors (Lipinski definition) is 1. The van der Waals surface area contributed by atoms with E-state index in [0.717, 1.165) is 28.2 Å². The first-order chi connectivity index (χ1) is 12.7. The Labute approximate surface area is 158 Å². The van der Waals surface area contributed by atoms with Crippen molar-refractivity contribution < 1.29 is 0 Å². The maximum absolute atomic E-state index is 4.69. The van der Waals surface area contributed by atoms with Crippen molar-refractivity contribution in [3.8, 4) is 0 Å². The third-order valence-corrected chi connectivity index (χ3v) is 3.62. The van der Waals surface area contributed by atoms with Gasteiger partial charge in [-0.15, -0.1) is 0 Å². The van der Waals surface area contributed by atoms with E-state index in [0.29, 0.717) is 0 Å². The number of allylic oxidation sites excluding steroid dienone is 15. The SMILES string of the molecule is C=C/C=C\C(=C/C)n1cnc(C(/C=C\C)=C/C=C)c1/C(C=C)=C/C=C\C. The summed E-state index contributed by atoms with van der Waals surface area (Å²) in [7, 11) is 0. The average Bonchev–Trinajstić information content (AvgIpc) is 3.08. The molecule has 26 heavy (non-hydrogen) atoms. The van der Waals surface area contributed by atoms with Gasteiger partial charge in [0.1, 0.15) is 6.33 Å². The molecule has 0 aromatic carbocycles. The van der Waals surface area contributed by atoms with Crippen molar-refractivity contribution in [2.24, 2.45) is 0 Å². The van der Waals surface area contributed by atoms with Gasteiger partial charge in [-0.1, -0.05) is 86.6 Å². The van der Waals surface area contributed by atoms with Crippen molar-refractivity contribution in [1.82, 2.24) is 9.55 Å². The molecule has 1 aromatic rings. The lowest BCUT2D eigenvalue weighted by atomic mass is 10.0. The summed E-state index contributed by atoms with van der Waals surface area (Å²) in [5.74, 6) is 0. The second-order valence-electron chi connectivity index (χ2n) is 5.33. The van der Waals surface area contributed by atoms with E-state index in [1.54, 1.807) is 12.2 Å². The topological polar surface area (TPSA) is 17.8 Å². The van der Waals surface area contributed by atoms with Crippen molar-refractivity contribution in [2.75, 3.05) is 0 Å². The Bertz CT molecular complexity index is 818. The van der Waals surface area contributed by atoms with Gasteiger partial charge in [-0.3, -0.25) is 4.57 Å². The van der Waals surface area contributed by atoms with Crippen molar-refractivity contribution in [2.45, 2.75) is 20.8 Å². The highest BCUT2D eigenvalue weighted by molar-refractivity contribution is 5.86. The molecule has 0 aliphatic carbocycles. The molecule has 134 valence electrons. The number of hydrogen-bond donors (Lipinski definition) is 0. The number of rotatable bonds is 9. The van der Waals surface area contributed by atoms with Gasteiger partial charge in [-0.2, -0.15) is 0 Å². The zero-order valence-electron chi connectivity index (χ0n) is 16.0. The molecule has 0 N–H and O–H groups in total. The van der Waals surface area contributed by atoms with E-state index >= 15 is 0 Å². The normalized spacial score (nSPS) is 13.9. The van der Waals surface area contributed by atoms with Crippen LogP contribution >= 0.6 is 0 Å². The van der Waals surface area contributed by atoms with E-state index in [4.69, 9.17) is 0 Å². The summed E-state index contributed by atoms with van der Waals surface area (Å²) in [4.78, 5) is 4.69. The van der Waals surface area contributed by atoms with Gasteiger partial charge < -0.3 is 0 Å². The first-order valence-electron chi connectivity index (χ1n) is 8.63. The van der Waals surface area contributed by atoms with Gasteiger partial charge in [0.15, 0.2) is 0 Å². The molecule has 2 nitrogen and oxygen atoms in total. The lowest BCUT2D eigenvalue weighted by Crippen LogP contribution is -2.01. The van der Waals surface area contributed by atoms with Crippen LogP contribution in [0.3, 0.4) is 0 Å². The monoisotopic (exact) mass is 344 g/mol. The summed E-state index contributed by atoms with van der Waals surface area (Å²) in [6.07, 6.45) is 25.2. The average molecular weight is 345 g/mol. The van der Waals surface area contributed by atoms with Crippen LogP contribution in [0.25, 0.3) is 16.8 Å². The maximum Gasteiger partial charge on any atom is 0.100 e. The molecule has 0 fully saturated rings. The summed E-state index contributed by atoms with van der Waals surface area (Å²) in [6.45, 7) is 17.6. The molecular weight excluding hydrogens is 316 g/mol. The minimum atomic E-state index is 0.880. The summed E-state index contributed by atoms with van der Waals surface area (Å²) in [5, 5.41) is 0. The molecule has 0 aliphatic rings. The molecule has 0 saturated heterocycles.